The maximum absolute atomic E-state index is 9.79. The molecule has 0 aliphatic rings. The summed E-state index contributed by atoms with van der Waals surface area (Å²) >= 11 is 0. The summed E-state index contributed by atoms with van der Waals surface area (Å²) in [6, 6.07) is 0. The minimum absolute atomic E-state index is 0.192. The Morgan fingerprint density at radius 3 is 2.76 bits per heavy atom. The third-order valence-electron chi connectivity index (χ3n) is 2.56. The molecule has 0 fully saturated rings. The van der Waals surface area contributed by atoms with Gasteiger partial charge in [-0.25, -0.2) is 4.98 Å². The molecule has 0 spiro atoms. The van der Waals surface area contributed by atoms with Gasteiger partial charge in [0, 0.05) is 25.5 Å². The fraction of sp³-hybridized carbons (Fsp3) is 0.769. The number of hydrogen-bond acceptors (Lipinski definition) is 3. The van der Waals surface area contributed by atoms with Crippen LogP contribution in [0.3, 0.4) is 0 Å². The zero-order chi connectivity index (χ0) is 12.7. The molecule has 2 N–H and O–H groups in total. The van der Waals surface area contributed by atoms with E-state index in [1.165, 1.54) is 0 Å². The topological polar surface area (TPSA) is 50.1 Å². The van der Waals surface area contributed by atoms with Crippen LogP contribution in [0.1, 0.15) is 33.6 Å². The van der Waals surface area contributed by atoms with Crippen LogP contribution in [-0.2, 0) is 6.54 Å². The zero-order valence-electron chi connectivity index (χ0n) is 11.2. The predicted molar refractivity (Wildman–Crippen MR) is 69.8 cm³/mol. The van der Waals surface area contributed by atoms with E-state index in [9.17, 15) is 5.11 Å². The maximum Gasteiger partial charge on any atom is 0.0945 e. The second-order valence-electron chi connectivity index (χ2n) is 5.78. The number of aromatic nitrogens is 2. The molecule has 0 aliphatic carbocycles. The molecule has 0 saturated carbocycles. The van der Waals surface area contributed by atoms with Gasteiger partial charge < -0.3 is 15.0 Å². The van der Waals surface area contributed by atoms with Crippen molar-refractivity contribution in [2.75, 3.05) is 13.1 Å². The number of aryl methyl sites for hydroxylation is 1. The van der Waals surface area contributed by atoms with Crippen LogP contribution in [0, 0.1) is 5.41 Å². The maximum atomic E-state index is 9.79. The van der Waals surface area contributed by atoms with E-state index in [0.29, 0.717) is 6.54 Å². The molecule has 1 unspecified atom stereocenters. The first-order valence-electron chi connectivity index (χ1n) is 6.32. The molecule has 17 heavy (non-hydrogen) atoms. The highest BCUT2D eigenvalue weighted by atomic mass is 16.3. The van der Waals surface area contributed by atoms with Crippen LogP contribution in [0.25, 0.3) is 0 Å². The molecule has 0 amide bonds. The molecule has 98 valence electrons. The molecule has 1 aromatic heterocycles. The second-order valence-corrected chi connectivity index (χ2v) is 5.78. The average Bonchev–Trinajstić information content (AvgIpc) is 2.67. The summed E-state index contributed by atoms with van der Waals surface area (Å²) in [5.41, 5.74) is 0.192. The van der Waals surface area contributed by atoms with E-state index in [1.54, 1.807) is 6.20 Å². The largest absolute Gasteiger partial charge is 0.392 e. The van der Waals surface area contributed by atoms with Gasteiger partial charge >= 0.3 is 0 Å². The Hall–Kier alpha value is -0.870. The fourth-order valence-corrected chi connectivity index (χ4v) is 1.85. The van der Waals surface area contributed by atoms with E-state index in [0.717, 1.165) is 25.9 Å². The highest BCUT2D eigenvalue weighted by molar-refractivity contribution is 4.74. The van der Waals surface area contributed by atoms with Crippen LogP contribution in [0.4, 0.5) is 0 Å². The van der Waals surface area contributed by atoms with E-state index < -0.39 is 0 Å². The van der Waals surface area contributed by atoms with E-state index in [1.807, 2.05) is 12.5 Å². The van der Waals surface area contributed by atoms with Crippen molar-refractivity contribution in [3.05, 3.63) is 18.7 Å². The minimum atomic E-state index is -0.247. The third kappa shape index (κ3) is 7.13. The first-order valence-corrected chi connectivity index (χ1v) is 6.32. The summed E-state index contributed by atoms with van der Waals surface area (Å²) < 4.78 is 2.06. The number of aliphatic hydroxyl groups excluding tert-OH is 1. The molecule has 0 aliphatic heterocycles. The van der Waals surface area contributed by atoms with Crippen molar-refractivity contribution in [3.8, 4) is 0 Å². The number of rotatable bonds is 7. The number of aliphatic hydroxyl groups is 1. The Bertz CT molecular complexity index is 290. The monoisotopic (exact) mass is 239 g/mol. The summed E-state index contributed by atoms with van der Waals surface area (Å²) in [5, 5.41) is 13.1. The van der Waals surface area contributed by atoms with Crippen molar-refractivity contribution in [2.24, 2.45) is 5.41 Å². The van der Waals surface area contributed by atoms with Crippen LogP contribution >= 0.6 is 0 Å². The van der Waals surface area contributed by atoms with Crippen molar-refractivity contribution in [1.29, 1.82) is 0 Å². The molecule has 0 saturated heterocycles. The van der Waals surface area contributed by atoms with Crippen LogP contribution in [0.15, 0.2) is 18.7 Å². The Labute approximate surface area is 104 Å². The molecule has 1 atom stereocenters. The van der Waals surface area contributed by atoms with Gasteiger partial charge in [0.1, 0.15) is 0 Å². The van der Waals surface area contributed by atoms with Gasteiger partial charge in [0.15, 0.2) is 0 Å². The standard InChI is InChI=1S/C13H25N3O/c1-13(2,3)9-12(17)10-14-5-4-7-16-8-6-15-11-16/h6,8,11-12,14,17H,4-5,7,9-10H2,1-3H3. The molecule has 4 heteroatoms. The van der Waals surface area contributed by atoms with Crippen molar-refractivity contribution in [2.45, 2.75) is 46.3 Å². The van der Waals surface area contributed by atoms with Gasteiger partial charge in [-0.2, -0.15) is 0 Å². The lowest BCUT2D eigenvalue weighted by Crippen LogP contribution is -2.31. The molecular formula is C13H25N3O. The molecule has 1 rings (SSSR count). The second kappa shape index (κ2) is 6.77. The Kier molecular flexibility index (Phi) is 5.65. The Balaban J connectivity index is 2.00. The Morgan fingerprint density at radius 1 is 1.41 bits per heavy atom. The highest BCUT2D eigenvalue weighted by Gasteiger charge is 2.15. The van der Waals surface area contributed by atoms with Gasteiger partial charge in [0.25, 0.3) is 0 Å². The first kappa shape index (κ1) is 14.2. The lowest BCUT2D eigenvalue weighted by molar-refractivity contribution is 0.120. The zero-order valence-corrected chi connectivity index (χ0v) is 11.2. The summed E-state index contributed by atoms with van der Waals surface area (Å²) in [6.45, 7) is 9.03. The fourth-order valence-electron chi connectivity index (χ4n) is 1.85. The van der Waals surface area contributed by atoms with Crippen LogP contribution in [0.2, 0.25) is 0 Å². The molecule has 0 radical (unpaired) electrons. The van der Waals surface area contributed by atoms with Gasteiger partial charge in [-0.05, 0) is 24.8 Å². The van der Waals surface area contributed by atoms with E-state index >= 15 is 0 Å². The van der Waals surface area contributed by atoms with Gasteiger partial charge in [-0.3, -0.25) is 0 Å². The Morgan fingerprint density at radius 2 is 2.18 bits per heavy atom. The molecule has 0 bridgehead atoms. The predicted octanol–water partition coefficient (Wildman–Crippen LogP) is 1.66. The normalized spacial score (nSPS) is 13.9. The van der Waals surface area contributed by atoms with Crippen LogP contribution in [-0.4, -0.2) is 33.9 Å². The van der Waals surface area contributed by atoms with Crippen molar-refractivity contribution in [1.82, 2.24) is 14.9 Å². The number of nitrogens with one attached hydrogen (secondary N) is 1. The van der Waals surface area contributed by atoms with Crippen LogP contribution in [0.5, 0.6) is 0 Å². The minimum Gasteiger partial charge on any atom is -0.392 e. The molecular weight excluding hydrogens is 214 g/mol. The summed E-state index contributed by atoms with van der Waals surface area (Å²) in [4.78, 5) is 3.99. The number of imidazole rings is 1. The van der Waals surface area contributed by atoms with Gasteiger partial charge in [0.05, 0.1) is 12.4 Å². The molecule has 1 heterocycles. The molecule has 0 aromatic carbocycles. The third-order valence-corrected chi connectivity index (χ3v) is 2.56. The number of nitrogens with zero attached hydrogens (tertiary/aromatic N) is 2. The number of hydrogen-bond donors (Lipinski definition) is 2. The van der Waals surface area contributed by atoms with Crippen molar-refractivity contribution < 1.29 is 5.11 Å². The molecule has 4 nitrogen and oxygen atoms in total. The SMILES string of the molecule is CC(C)(C)CC(O)CNCCCn1ccnc1. The smallest absolute Gasteiger partial charge is 0.0945 e. The highest BCUT2D eigenvalue weighted by Crippen LogP contribution is 2.20. The van der Waals surface area contributed by atoms with Gasteiger partial charge in [0.2, 0.25) is 0 Å². The summed E-state index contributed by atoms with van der Waals surface area (Å²) in [7, 11) is 0. The van der Waals surface area contributed by atoms with E-state index in [2.05, 4.69) is 35.6 Å². The quantitative estimate of drug-likeness (QED) is 0.712. The van der Waals surface area contributed by atoms with Crippen molar-refractivity contribution in [3.63, 3.8) is 0 Å². The lowest BCUT2D eigenvalue weighted by Gasteiger charge is -2.22. The van der Waals surface area contributed by atoms with E-state index in [4.69, 9.17) is 0 Å². The van der Waals surface area contributed by atoms with E-state index in [-0.39, 0.29) is 11.5 Å². The first-order chi connectivity index (χ1) is 7.97. The lowest BCUT2D eigenvalue weighted by atomic mass is 9.89. The average molecular weight is 239 g/mol. The molecule has 1 aromatic rings. The summed E-state index contributed by atoms with van der Waals surface area (Å²) in [6.07, 6.45) is 7.23. The van der Waals surface area contributed by atoms with Crippen molar-refractivity contribution >= 4 is 0 Å². The van der Waals surface area contributed by atoms with Gasteiger partial charge in [-0.15, -0.1) is 0 Å². The van der Waals surface area contributed by atoms with Gasteiger partial charge in [-0.1, -0.05) is 20.8 Å². The van der Waals surface area contributed by atoms with Crippen LogP contribution < -0.4 is 5.32 Å². The summed E-state index contributed by atoms with van der Waals surface area (Å²) in [5.74, 6) is 0.